The topological polar surface area (TPSA) is 386 Å². The molecule has 0 aliphatic heterocycles. The molecule has 460 valence electrons. The zero-order valence-electron chi connectivity index (χ0n) is 48.7. The van der Waals surface area contributed by atoms with Crippen molar-refractivity contribution in [3.8, 4) is 5.75 Å². The predicted octanol–water partition coefficient (Wildman–Crippen LogP) is 2.97. The summed E-state index contributed by atoms with van der Waals surface area (Å²) in [6.45, 7) is 15.8. The third-order valence-electron chi connectivity index (χ3n) is 10.3. The Labute approximate surface area is 479 Å². The number of nitrogens with zero attached hydrogens (tertiary/aromatic N) is 1. The lowest BCUT2D eigenvalue weighted by Gasteiger charge is -2.22. The lowest BCUT2D eigenvalue weighted by molar-refractivity contribution is -0.141. The minimum absolute atomic E-state index is 0.0147. The van der Waals surface area contributed by atoms with Gasteiger partial charge in [0.25, 0.3) is 0 Å². The molecule has 0 saturated heterocycles. The van der Waals surface area contributed by atoms with E-state index in [4.69, 9.17) is 47.4 Å². The van der Waals surface area contributed by atoms with Gasteiger partial charge in [-0.1, -0.05) is 104 Å². The van der Waals surface area contributed by atoms with Gasteiger partial charge in [0.2, 0.25) is 35.4 Å². The predicted molar refractivity (Wildman–Crippen MR) is 312 cm³/mol. The van der Waals surface area contributed by atoms with Crippen LogP contribution in [-0.2, 0) is 63.8 Å². The second-order valence-electron chi connectivity index (χ2n) is 17.4. The third-order valence-corrected chi connectivity index (χ3v) is 11.4. The van der Waals surface area contributed by atoms with E-state index < -0.39 is 53.7 Å². The number of unbranched alkanes of at least 4 members (excludes halogenated alkanes) is 8. The number of benzene rings is 1. The first-order valence-electron chi connectivity index (χ1n) is 27.3. The lowest BCUT2D eigenvalue weighted by atomic mass is 10.0. The highest BCUT2D eigenvalue weighted by atomic mass is 32.2. The van der Waals surface area contributed by atoms with Crippen molar-refractivity contribution in [3.05, 3.63) is 54.3 Å². The molecule has 0 spiro atoms. The summed E-state index contributed by atoms with van der Waals surface area (Å²) in [5, 5.41) is 27.3. The smallest absolute Gasteiger partial charge is 0.341 e. The number of carboxylic acid groups (broad SMARTS) is 2. The number of aldehydes is 1. The standard InChI is InChI=1S/C21H32N6O6S.C21H41N3O6.C7H10O3.C4H10.C2H6/c1-27(2)17(20(24)31)11-34-12-18(29)25-16(10-22)21(32)26-15(19(23)30)9-13-3-5-14(6-4-13)33-8-7-28;22-12-9-10-19(25)24-14-15-29-16-17-30-18-20(26)23-13-8-6-4-2-1-3-5-7-11-21(27)28;1-3-4-6(2)10-5-7(8)9;1-3-4-2;1-2/h3-7,15-17H,8-12,22H2,1-2H3,(H2,23,30)(H2,24,31)(H,25,29)(H,26,32);1-18,22H2,(H,23,26)(H,24,25)(H,27,28);3-4H,2,5H2,1H3,(H,8,9);3-4H2,1-2H3;1-2H3/b;;4-3-;;/t15-,16-,17?;;;;/m0..../s1. The van der Waals surface area contributed by atoms with Crippen LogP contribution < -0.4 is 48.9 Å². The number of nitrogens with one attached hydrogen (secondary N) is 4. The highest BCUT2D eigenvalue weighted by Crippen LogP contribution is 2.14. The van der Waals surface area contributed by atoms with Crippen LogP contribution in [0.3, 0.4) is 0 Å². The van der Waals surface area contributed by atoms with Crippen molar-refractivity contribution in [2.75, 3.05) is 91.4 Å². The molecule has 14 N–H and O–H groups in total. The van der Waals surface area contributed by atoms with Gasteiger partial charge in [-0.15, -0.1) is 11.8 Å². The van der Waals surface area contributed by atoms with E-state index in [1.807, 2.05) is 13.8 Å². The lowest BCUT2D eigenvalue weighted by Crippen LogP contribution is -2.56. The van der Waals surface area contributed by atoms with Crippen LogP contribution in [0, 0.1) is 0 Å². The average Bonchev–Trinajstić information content (AvgIpc) is 3.42. The molecule has 6 amide bonds. The number of ether oxygens (including phenoxy) is 4. The minimum atomic E-state index is -1.07. The molecule has 0 bridgehead atoms. The van der Waals surface area contributed by atoms with Gasteiger partial charge in [-0.3, -0.25) is 43.3 Å². The quantitative estimate of drug-likeness (QED) is 0.0194. The van der Waals surface area contributed by atoms with Gasteiger partial charge in [-0.2, -0.15) is 0 Å². The Morgan fingerprint density at radius 2 is 1.30 bits per heavy atom. The van der Waals surface area contributed by atoms with Gasteiger partial charge in [-0.05, 0) is 70.6 Å². The summed E-state index contributed by atoms with van der Waals surface area (Å²) in [6, 6.07) is 3.95. The molecule has 0 aliphatic carbocycles. The molecule has 0 heterocycles. The molecule has 24 nitrogen and oxygen atoms in total. The molecule has 1 rings (SSSR count). The van der Waals surface area contributed by atoms with Crippen LogP contribution in [0.5, 0.6) is 5.75 Å². The molecule has 0 saturated carbocycles. The molecule has 0 radical (unpaired) electrons. The number of hydrogen-bond donors (Lipinski definition) is 10. The first-order chi connectivity index (χ1) is 38.2. The number of likely N-dealkylation sites (N-methyl/N-ethyl adjacent to an activating group) is 1. The maximum absolute atomic E-state index is 12.6. The van der Waals surface area contributed by atoms with Crippen LogP contribution in [0.25, 0.3) is 0 Å². The van der Waals surface area contributed by atoms with Crippen LogP contribution in [0.4, 0.5) is 0 Å². The van der Waals surface area contributed by atoms with Gasteiger partial charge in [0.1, 0.15) is 36.8 Å². The number of rotatable bonds is 43. The van der Waals surface area contributed by atoms with Gasteiger partial charge in [0.05, 0.1) is 31.6 Å². The van der Waals surface area contributed by atoms with E-state index in [0.717, 1.165) is 51.4 Å². The van der Waals surface area contributed by atoms with E-state index in [9.17, 15) is 43.2 Å². The summed E-state index contributed by atoms with van der Waals surface area (Å²) in [7, 11) is 3.41. The largest absolute Gasteiger partial charge is 0.486 e. The van der Waals surface area contributed by atoms with Crippen molar-refractivity contribution < 1.29 is 72.3 Å². The average molecular weight is 1160 g/mol. The highest BCUT2D eigenvalue weighted by Gasteiger charge is 2.26. The molecule has 1 unspecified atom stereocenters. The summed E-state index contributed by atoms with van der Waals surface area (Å²) < 4.78 is 20.4. The van der Waals surface area contributed by atoms with Crippen LogP contribution in [-0.4, -0.2) is 178 Å². The summed E-state index contributed by atoms with van der Waals surface area (Å²) in [5.74, 6) is -3.10. The molecule has 1 aromatic carbocycles. The molecular formula is C55H99N9O15S. The molecule has 25 heteroatoms. The number of allylic oxidation sites excluding steroid dienone is 2. The molecule has 3 atom stereocenters. The Bertz CT molecular complexity index is 1860. The number of amides is 6. The molecule has 0 aliphatic rings. The van der Waals surface area contributed by atoms with Crippen molar-refractivity contribution in [3.63, 3.8) is 0 Å². The summed E-state index contributed by atoms with van der Waals surface area (Å²) in [4.78, 5) is 103. The van der Waals surface area contributed by atoms with Crippen molar-refractivity contribution in [2.45, 2.75) is 143 Å². The summed E-state index contributed by atoms with van der Waals surface area (Å²) in [5.41, 5.74) is 22.4. The van der Waals surface area contributed by atoms with E-state index in [-0.39, 0.29) is 56.8 Å². The van der Waals surface area contributed by atoms with Crippen LogP contribution in [0.1, 0.15) is 124 Å². The third kappa shape index (κ3) is 53.9. The molecule has 1 aromatic rings. The number of thioether (sulfide) groups is 1. The Kier molecular flexibility index (Phi) is 57.8. The number of nitrogens with two attached hydrogens (primary N) is 4. The second kappa shape index (κ2) is 57.6. The number of carboxylic acids is 2. The zero-order chi connectivity index (χ0) is 61.4. The maximum atomic E-state index is 12.6. The van der Waals surface area contributed by atoms with E-state index in [2.05, 4.69) is 46.4 Å². The Hall–Kier alpha value is -6.12. The number of carbonyl (C=O) groups is 9. The maximum Gasteiger partial charge on any atom is 0.341 e. The van der Waals surface area contributed by atoms with E-state index in [1.165, 1.54) is 24.6 Å². The summed E-state index contributed by atoms with van der Waals surface area (Å²) >= 11 is 1.19. The normalized spacial score (nSPS) is 11.4. The van der Waals surface area contributed by atoms with Crippen molar-refractivity contribution in [2.24, 2.45) is 22.9 Å². The van der Waals surface area contributed by atoms with Crippen molar-refractivity contribution in [1.82, 2.24) is 26.2 Å². The fourth-order valence-electron chi connectivity index (χ4n) is 5.93. The van der Waals surface area contributed by atoms with Gasteiger partial charge < -0.3 is 73.4 Å². The SMILES string of the molecule is C=C(/C=C\C)OCC(=O)O.CC.CCCC.CN(C)C(CSCC(=O)N[C@@H](CN)C(=O)N[C@@H](Cc1ccc(OCC=O)cc1)C(N)=O)C(N)=O.NCCCC(=O)NCCOCCOCC(=O)NCCCCCCCCCCC(=O)O. The van der Waals surface area contributed by atoms with Gasteiger partial charge in [-0.25, -0.2) is 4.79 Å². The molecule has 0 aromatic heterocycles. The van der Waals surface area contributed by atoms with Crippen LogP contribution in [0.15, 0.2) is 48.8 Å². The summed E-state index contributed by atoms with van der Waals surface area (Å²) in [6.07, 6.45) is 16.4. The van der Waals surface area contributed by atoms with Crippen LogP contribution in [0.2, 0.25) is 0 Å². The van der Waals surface area contributed by atoms with Crippen LogP contribution >= 0.6 is 11.8 Å². The first kappa shape index (κ1) is 80.4. The van der Waals surface area contributed by atoms with E-state index >= 15 is 0 Å². The Morgan fingerprint density at radius 3 is 1.81 bits per heavy atom. The first-order valence-corrected chi connectivity index (χ1v) is 28.4. The minimum Gasteiger partial charge on any atom is -0.486 e. The second-order valence-corrected chi connectivity index (χ2v) is 18.5. The van der Waals surface area contributed by atoms with E-state index in [0.29, 0.717) is 81.4 Å². The highest BCUT2D eigenvalue weighted by molar-refractivity contribution is 8.00. The monoisotopic (exact) mass is 1160 g/mol. The van der Waals surface area contributed by atoms with Crippen molar-refractivity contribution in [1.29, 1.82) is 0 Å². The van der Waals surface area contributed by atoms with Gasteiger partial charge in [0, 0.05) is 44.6 Å². The number of carbonyl (C=O) groups excluding carboxylic acids is 7. The van der Waals surface area contributed by atoms with Gasteiger partial charge in [0.15, 0.2) is 12.9 Å². The fourth-order valence-corrected chi connectivity index (χ4v) is 7.00. The number of hydrogen-bond acceptors (Lipinski definition) is 17. The number of primary amides is 2. The zero-order valence-corrected chi connectivity index (χ0v) is 49.5. The Morgan fingerprint density at radius 1 is 0.713 bits per heavy atom. The molecule has 0 fully saturated rings. The van der Waals surface area contributed by atoms with E-state index in [1.54, 1.807) is 62.3 Å². The van der Waals surface area contributed by atoms with Gasteiger partial charge >= 0.3 is 11.9 Å². The Balaban J connectivity index is -0.000000570. The molecular weight excluding hydrogens is 1060 g/mol. The fraction of sp³-hybridized carbons (Fsp3) is 0.655. The molecule has 80 heavy (non-hydrogen) atoms. The number of aliphatic carboxylic acids is 2. The van der Waals surface area contributed by atoms with Crippen molar-refractivity contribution >= 4 is 65.4 Å².